The molecule has 0 aliphatic carbocycles. The maximum Gasteiger partial charge on any atom is 0.328 e. The maximum atomic E-state index is 13.7. The quantitative estimate of drug-likeness (QED) is 0.351. The van der Waals surface area contributed by atoms with Crippen molar-refractivity contribution >= 4 is 35.2 Å². The van der Waals surface area contributed by atoms with E-state index in [1.54, 1.807) is 55.1 Å². The minimum absolute atomic E-state index is 0.0185. The Morgan fingerprint density at radius 1 is 1.10 bits per heavy atom. The zero-order chi connectivity index (χ0) is 28.1. The van der Waals surface area contributed by atoms with E-state index >= 15 is 0 Å². The summed E-state index contributed by atoms with van der Waals surface area (Å²) in [5, 5.41) is 3.83. The standard InChI is InChI=1S/C28H28ClFN4O5/c1-17(27(36)38-3)18(2)34-26(35)14-24(33(28(34)37)16-19-4-6-20(29)7-5-19)32-22-9-11-23(12-10-22)39-25-13-8-21(30)15-31-25/h4-13,15,17-18,24,32H,14,16H2,1-3H3/t17-,18+,24?/m1/s1. The highest BCUT2D eigenvalue weighted by atomic mass is 35.5. The minimum Gasteiger partial charge on any atom is -0.469 e. The van der Waals surface area contributed by atoms with Crippen LogP contribution in [-0.4, -0.2) is 52.0 Å². The summed E-state index contributed by atoms with van der Waals surface area (Å²) in [6, 6.07) is 15.4. The van der Waals surface area contributed by atoms with Crippen LogP contribution in [-0.2, 0) is 20.9 Å². The Labute approximate surface area is 230 Å². The number of amides is 3. The largest absolute Gasteiger partial charge is 0.469 e. The molecule has 1 aliphatic heterocycles. The predicted octanol–water partition coefficient (Wildman–Crippen LogP) is 5.46. The molecule has 3 amide bonds. The molecule has 39 heavy (non-hydrogen) atoms. The van der Waals surface area contributed by atoms with Gasteiger partial charge in [-0.2, -0.15) is 0 Å². The minimum atomic E-state index is -0.706. The van der Waals surface area contributed by atoms with Crippen LogP contribution in [0.25, 0.3) is 0 Å². The van der Waals surface area contributed by atoms with Gasteiger partial charge in [-0.1, -0.05) is 23.7 Å². The number of rotatable bonds is 9. The molecular weight excluding hydrogens is 527 g/mol. The van der Waals surface area contributed by atoms with E-state index in [1.807, 2.05) is 12.1 Å². The highest BCUT2D eigenvalue weighted by Crippen LogP contribution is 2.28. The Balaban J connectivity index is 1.55. The van der Waals surface area contributed by atoms with Gasteiger partial charge in [0.05, 0.1) is 31.7 Å². The number of benzene rings is 2. The molecular formula is C28H28ClFN4O5. The number of anilines is 1. The molecule has 1 saturated heterocycles. The summed E-state index contributed by atoms with van der Waals surface area (Å²) in [4.78, 5) is 45.6. The topological polar surface area (TPSA) is 101 Å². The van der Waals surface area contributed by atoms with Crippen LogP contribution in [0.4, 0.5) is 14.9 Å². The van der Waals surface area contributed by atoms with Gasteiger partial charge >= 0.3 is 12.0 Å². The number of pyridine rings is 1. The Bertz CT molecular complexity index is 1320. The van der Waals surface area contributed by atoms with E-state index in [-0.39, 0.29) is 18.8 Å². The average Bonchev–Trinajstić information content (AvgIpc) is 2.93. The Morgan fingerprint density at radius 3 is 2.41 bits per heavy atom. The monoisotopic (exact) mass is 554 g/mol. The lowest BCUT2D eigenvalue weighted by atomic mass is 10.0. The highest BCUT2D eigenvalue weighted by molar-refractivity contribution is 6.30. The molecule has 1 N–H and O–H groups in total. The molecule has 0 bridgehead atoms. The SMILES string of the molecule is COC(=O)[C@H](C)[C@H](C)N1C(=O)CC(Nc2ccc(Oc3ccc(F)cn3)cc2)N(Cc2ccc(Cl)cc2)C1=O. The summed E-state index contributed by atoms with van der Waals surface area (Å²) < 4.78 is 23.6. The van der Waals surface area contributed by atoms with Crippen molar-refractivity contribution in [3.05, 3.63) is 83.3 Å². The van der Waals surface area contributed by atoms with Gasteiger partial charge in [-0.25, -0.2) is 14.2 Å². The first-order valence-corrected chi connectivity index (χ1v) is 12.6. The number of methoxy groups -OCH3 is 1. The van der Waals surface area contributed by atoms with Gasteiger partial charge in [0.25, 0.3) is 0 Å². The second kappa shape index (κ2) is 12.1. The smallest absolute Gasteiger partial charge is 0.328 e. The first-order valence-electron chi connectivity index (χ1n) is 12.3. The lowest BCUT2D eigenvalue weighted by Crippen LogP contribution is -2.62. The zero-order valence-corrected chi connectivity index (χ0v) is 22.4. The van der Waals surface area contributed by atoms with Crippen LogP contribution in [0.5, 0.6) is 11.6 Å². The molecule has 0 spiro atoms. The molecule has 0 radical (unpaired) electrons. The molecule has 1 fully saturated rings. The lowest BCUT2D eigenvalue weighted by molar-refractivity contribution is -0.148. The number of ether oxygens (including phenoxy) is 2. The third-order valence-electron chi connectivity index (χ3n) is 6.54. The van der Waals surface area contributed by atoms with Crippen molar-refractivity contribution in [3.63, 3.8) is 0 Å². The van der Waals surface area contributed by atoms with E-state index in [1.165, 1.54) is 19.2 Å². The average molecular weight is 555 g/mol. The van der Waals surface area contributed by atoms with E-state index < -0.39 is 41.9 Å². The van der Waals surface area contributed by atoms with Crippen molar-refractivity contribution in [2.75, 3.05) is 12.4 Å². The van der Waals surface area contributed by atoms with E-state index in [4.69, 9.17) is 21.1 Å². The highest BCUT2D eigenvalue weighted by Gasteiger charge is 2.43. The number of nitrogens with one attached hydrogen (secondary N) is 1. The molecule has 1 unspecified atom stereocenters. The van der Waals surface area contributed by atoms with Gasteiger partial charge in [0, 0.05) is 23.3 Å². The number of imide groups is 1. The molecule has 4 rings (SSSR count). The second-order valence-electron chi connectivity index (χ2n) is 9.16. The summed E-state index contributed by atoms with van der Waals surface area (Å²) in [6.07, 6.45) is 0.381. The number of aromatic nitrogens is 1. The summed E-state index contributed by atoms with van der Waals surface area (Å²) in [7, 11) is 1.27. The van der Waals surface area contributed by atoms with Gasteiger partial charge in [-0.3, -0.25) is 19.4 Å². The van der Waals surface area contributed by atoms with Crippen LogP contribution in [0.15, 0.2) is 66.9 Å². The van der Waals surface area contributed by atoms with Crippen molar-refractivity contribution < 1.29 is 28.2 Å². The second-order valence-corrected chi connectivity index (χ2v) is 9.59. The number of urea groups is 1. The number of nitrogens with zero attached hydrogens (tertiary/aromatic N) is 3. The molecule has 3 atom stereocenters. The van der Waals surface area contributed by atoms with Gasteiger partial charge in [0.1, 0.15) is 17.7 Å². The summed E-state index contributed by atoms with van der Waals surface area (Å²) in [5.74, 6) is -1.36. The van der Waals surface area contributed by atoms with Gasteiger partial charge < -0.3 is 14.8 Å². The maximum absolute atomic E-state index is 13.7. The number of halogens is 2. The van der Waals surface area contributed by atoms with Crippen LogP contribution < -0.4 is 10.1 Å². The van der Waals surface area contributed by atoms with Gasteiger partial charge in [0.15, 0.2) is 0 Å². The van der Waals surface area contributed by atoms with Crippen molar-refractivity contribution in [2.24, 2.45) is 5.92 Å². The summed E-state index contributed by atoms with van der Waals surface area (Å²) in [5.41, 5.74) is 1.46. The summed E-state index contributed by atoms with van der Waals surface area (Å²) >= 11 is 6.03. The van der Waals surface area contributed by atoms with Crippen molar-refractivity contribution in [1.82, 2.24) is 14.8 Å². The fraction of sp³-hybridized carbons (Fsp3) is 0.286. The third kappa shape index (κ3) is 6.64. The molecule has 9 nitrogen and oxygen atoms in total. The Morgan fingerprint density at radius 2 is 1.79 bits per heavy atom. The van der Waals surface area contributed by atoms with E-state index in [0.29, 0.717) is 16.5 Å². The normalized spacial score (nSPS) is 17.0. The predicted molar refractivity (Wildman–Crippen MR) is 143 cm³/mol. The molecule has 1 aliphatic rings. The van der Waals surface area contributed by atoms with Crippen LogP contribution in [0.3, 0.4) is 0 Å². The Kier molecular flexibility index (Phi) is 8.65. The number of carbonyl (C=O) groups excluding carboxylic acids is 3. The van der Waals surface area contributed by atoms with Crippen molar-refractivity contribution in [1.29, 1.82) is 0 Å². The number of hydrogen-bond acceptors (Lipinski definition) is 7. The molecule has 204 valence electrons. The molecule has 11 heteroatoms. The Hall–Kier alpha value is -4.18. The fourth-order valence-electron chi connectivity index (χ4n) is 4.21. The van der Waals surface area contributed by atoms with Crippen LogP contribution in [0.2, 0.25) is 5.02 Å². The van der Waals surface area contributed by atoms with E-state index in [2.05, 4.69) is 10.3 Å². The fourth-order valence-corrected chi connectivity index (χ4v) is 4.33. The van der Waals surface area contributed by atoms with E-state index in [0.717, 1.165) is 16.7 Å². The van der Waals surface area contributed by atoms with Crippen LogP contribution in [0, 0.1) is 11.7 Å². The van der Waals surface area contributed by atoms with Gasteiger partial charge in [-0.05, 0) is 61.9 Å². The summed E-state index contributed by atoms with van der Waals surface area (Å²) in [6.45, 7) is 3.48. The number of esters is 1. The van der Waals surface area contributed by atoms with Crippen LogP contribution >= 0.6 is 11.6 Å². The molecule has 1 aromatic heterocycles. The zero-order valence-electron chi connectivity index (χ0n) is 21.6. The number of hydrogen-bond donors (Lipinski definition) is 1. The van der Waals surface area contributed by atoms with Crippen LogP contribution in [0.1, 0.15) is 25.8 Å². The van der Waals surface area contributed by atoms with Gasteiger partial charge in [-0.15, -0.1) is 0 Å². The first-order chi connectivity index (χ1) is 18.7. The molecule has 2 aromatic carbocycles. The molecule has 0 saturated carbocycles. The van der Waals surface area contributed by atoms with Crippen molar-refractivity contribution in [2.45, 2.75) is 39.0 Å². The van der Waals surface area contributed by atoms with Gasteiger partial charge in [0.2, 0.25) is 11.8 Å². The van der Waals surface area contributed by atoms with Crippen molar-refractivity contribution in [3.8, 4) is 11.6 Å². The number of carbonyl (C=O) groups is 3. The first kappa shape index (κ1) is 27.8. The lowest BCUT2D eigenvalue weighted by Gasteiger charge is -2.43. The third-order valence-corrected chi connectivity index (χ3v) is 6.80. The van der Waals surface area contributed by atoms with E-state index in [9.17, 15) is 18.8 Å². The molecule has 3 aromatic rings. The molecule has 2 heterocycles.